The van der Waals surface area contributed by atoms with E-state index in [0.29, 0.717) is 22.9 Å². The highest BCUT2D eigenvalue weighted by atomic mass is 16.2. The predicted octanol–water partition coefficient (Wildman–Crippen LogP) is 4.30. The highest BCUT2D eigenvalue weighted by molar-refractivity contribution is 5.97. The van der Waals surface area contributed by atoms with Gasteiger partial charge in [0.2, 0.25) is 5.91 Å². The molecule has 36 heavy (non-hydrogen) atoms. The second kappa shape index (κ2) is 8.40. The number of carbonyl (C=O) groups is 1. The van der Waals surface area contributed by atoms with Crippen LogP contribution in [0.3, 0.4) is 0 Å². The Labute approximate surface area is 206 Å². The topological polar surface area (TPSA) is 128 Å². The van der Waals surface area contributed by atoms with Gasteiger partial charge in [0.1, 0.15) is 11.2 Å². The van der Waals surface area contributed by atoms with Crippen molar-refractivity contribution >= 4 is 39.3 Å². The average molecular weight is 480 g/mol. The molecule has 0 bridgehead atoms. The van der Waals surface area contributed by atoms with Crippen LogP contribution >= 0.6 is 0 Å². The molecule has 5 aromatic rings. The molecule has 7 rings (SSSR count). The van der Waals surface area contributed by atoms with Crippen LogP contribution in [0.4, 0.5) is 11.4 Å². The number of hydrogen-bond donors (Lipinski definition) is 3. The predicted molar refractivity (Wildman–Crippen MR) is 137 cm³/mol. The summed E-state index contributed by atoms with van der Waals surface area (Å²) in [7, 11) is 0. The van der Waals surface area contributed by atoms with Crippen molar-refractivity contribution in [2.24, 2.45) is 5.92 Å². The lowest BCUT2D eigenvalue weighted by Gasteiger charge is -2.28. The number of carbonyl (C=O) groups excluding carboxylic acids is 1. The maximum absolute atomic E-state index is 12.2. The van der Waals surface area contributed by atoms with Gasteiger partial charge >= 0.3 is 0 Å². The van der Waals surface area contributed by atoms with E-state index < -0.39 is 0 Å². The van der Waals surface area contributed by atoms with Gasteiger partial charge in [0, 0.05) is 42.5 Å². The van der Waals surface area contributed by atoms with E-state index in [9.17, 15) is 4.79 Å². The number of nitrogens with one attached hydrogen (secondary N) is 3. The van der Waals surface area contributed by atoms with Gasteiger partial charge in [0.05, 0.1) is 40.9 Å². The van der Waals surface area contributed by atoms with E-state index in [1.165, 1.54) is 19.3 Å². The van der Waals surface area contributed by atoms with Crippen molar-refractivity contribution in [3.05, 3.63) is 43.1 Å². The summed E-state index contributed by atoms with van der Waals surface area (Å²) >= 11 is 0. The molecule has 3 N–H and O–H groups in total. The zero-order valence-electron chi connectivity index (χ0n) is 19.7. The standard InChI is InChI=1S/C26H25N9O/c36-26(15-4-5-15)30-18-8-16(10-27-12-18)17-9-19-22(33-34-24(19)29-11-17)25-31-20-13-28-14-21(23(20)32-25)35-6-2-1-3-7-35/h8-15H,1-7H2,(H,30,36)(H,31,32)(H,29,33,34). The minimum absolute atomic E-state index is 0.0583. The van der Waals surface area contributed by atoms with E-state index in [1.807, 2.05) is 24.5 Å². The fourth-order valence-electron chi connectivity index (χ4n) is 4.90. The number of rotatable bonds is 5. The SMILES string of the molecule is O=C(Nc1cncc(-c2cnc3[nH]nc(-c4nc5c(N6CCCCC6)cncc5[nH]4)c3c2)c1)C1CC1. The molecule has 10 heteroatoms. The van der Waals surface area contributed by atoms with Gasteiger partial charge in [0.15, 0.2) is 11.5 Å². The van der Waals surface area contributed by atoms with E-state index >= 15 is 0 Å². The summed E-state index contributed by atoms with van der Waals surface area (Å²) in [6, 6.07) is 3.95. The summed E-state index contributed by atoms with van der Waals surface area (Å²) in [4.78, 5) is 36.3. The number of hydrogen-bond acceptors (Lipinski definition) is 7. The highest BCUT2D eigenvalue weighted by Crippen LogP contribution is 2.33. The van der Waals surface area contributed by atoms with Crippen molar-refractivity contribution in [1.29, 1.82) is 0 Å². The lowest BCUT2D eigenvalue weighted by molar-refractivity contribution is -0.117. The molecule has 1 saturated carbocycles. The molecular weight excluding hydrogens is 454 g/mol. The van der Waals surface area contributed by atoms with E-state index in [0.717, 1.165) is 59.2 Å². The zero-order valence-corrected chi connectivity index (χ0v) is 19.7. The first kappa shape index (κ1) is 21.0. The number of aromatic nitrogens is 7. The maximum Gasteiger partial charge on any atom is 0.227 e. The Bertz CT molecular complexity index is 1590. The van der Waals surface area contributed by atoms with Gasteiger partial charge in [0.25, 0.3) is 0 Å². The van der Waals surface area contributed by atoms with Gasteiger partial charge in [-0.05, 0) is 44.2 Å². The Balaban J connectivity index is 1.25. The third-order valence-electron chi connectivity index (χ3n) is 7.00. The molecule has 6 heterocycles. The Morgan fingerprint density at radius 1 is 0.972 bits per heavy atom. The van der Waals surface area contributed by atoms with Crippen molar-refractivity contribution in [2.75, 3.05) is 23.3 Å². The number of H-pyrrole nitrogens is 2. The summed E-state index contributed by atoms with van der Waals surface area (Å²) in [5.74, 6) is 0.863. The van der Waals surface area contributed by atoms with Crippen LogP contribution < -0.4 is 10.2 Å². The summed E-state index contributed by atoms with van der Waals surface area (Å²) in [5, 5.41) is 11.4. The van der Waals surface area contributed by atoms with Gasteiger partial charge in [-0.25, -0.2) is 9.97 Å². The van der Waals surface area contributed by atoms with Crippen LogP contribution in [-0.2, 0) is 4.79 Å². The Morgan fingerprint density at radius 3 is 2.67 bits per heavy atom. The molecular formula is C26H25N9O. The normalized spacial score (nSPS) is 16.1. The summed E-state index contributed by atoms with van der Waals surface area (Å²) in [5.41, 5.74) is 6.66. The second-order valence-corrected chi connectivity index (χ2v) is 9.61. The molecule has 10 nitrogen and oxygen atoms in total. The van der Waals surface area contributed by atoms with Crippen LogP contribution in [0, 0.1) is 5.92 Å². The van der Waals surface area contributed by atoms with Gasteiger partial charge in [-0.15, -0.1) is 0 Å². The molecule has 0 atom stereocenters. The van der Waals surface area contributed by atoms with Crippen LogP contribution in [0.15, 0.2) is 43.1 Å². The maximum atomic E-state index is 12.2. The van der Waals surface area contributed by atoms with E-state index in [2.05, 4.69) is 40.3 Å². The quantitative estimate of drug-likeness (QED) is 0.343. The number of nitrogens with zero attached hydrogens (tertiary/aromatic N) is 6. The minimum Gasteiger partial charge on any atom is -0.368 e. The number of fused-ring (bicyclic) bond motifs is 2. The van der Waals surface area contributed by atoms with Crippen molar-refractivity contribution in [2.45, 2.75) is 32.1 Å². The monoisotopic (exact) mass is 479 g/mol. The molecule has 0 radical (unpaired) electrons. The fourth-order valence-corrected chi connectivity index (χ4v) is 4.90. The fraction of sp³-hybridized carbons (Fsp3) is 0.308. The van der Waals surface area contributed by atoms with Crippen LogP contribution in [-0.4, -0.2) is 54.1 Å². The molecule has 0 aromatic carbocycles. The molecule has 180 valence electrons. The van der Waals surface area contributed by atoms with Crippen LogP contribution in [0.25, 0.3) is 44.7 Å². The van der Waals surface area contributed by atoms with Gasteiger partial charge in [-0.3, -0.25) is 19.9 Å². The highest BCUT2D eigenvalue weighted by Gasteiger charge is 2.29. The van der Waals surface area contributed by atoms with Crippen molar-refractivity contribution in [3.8, 4) is 22.6 Å². The van der Waals surface area contributed by atoms with Gasteiger partial charge in [-0.1, -0.05) is 0 Å². The summed E-state index contributed by atoms with van der Waals surface area (Å²) < 4.78 is 0. The lowest BCUT2D eigenvalue weighted by Crippen LogP contribution is -2.29. The van der Waals surface area contributed by atoms with Crippen LogP contribution in [0.1, 0.15) is 32.1 Å². The number of amides is 1. The lowest BCUT2D eigenvalue weighted by atomic mass is 10.1. The molecule has 0 unspecified atom stereocenters. The van der Waals surface area contributed by atoms with Crippen molar-refractivity contribution in [3.63, 3.8) is 0 Å². The first-order valence-corrected chi connectivity index (χ1v) is 12.4. The zero-order chi connectivity index (χ0) is 24.1. The van der Waals surface area contributed by atoms with Gasteiger partial charge < -0.3 is 15.2 Å². The molecule has 1 aliphatic carbocycles. The van der Waals surface area contributed by atoms with Gasteiger partial charge in [-0.2, -0.15) is 5.10 Å². The number of piperidine rings is 1. The Morgan fingerprint density at radius 2 is 1.81 bits per heavy atom. The third-order valence-corrected chi connectivity index (χ3v) is 7.00. The molecule has 0 spiro atoms. The third kappa shape index (κ3) is 3.74. The second-order valence-electron chi connectivity index (χ2n) is 9.61. The Kier molecular flexibility index (Phi) is 4.90. The molecule has 1 aliphatic heterocycles. The summed E-state index contributed by atoms with van der Waals surface area (Å²) in [6.07, 6.45) is 14.5. The summed E-state index contributed by atoms with van der Waals surface area (Å²) in [6.45, 7) is 2.05. The first-order chi connectivity index (χ1) is 17.7. The van der Waals surface area contributed by atoms with Crippen molar-refractivity contribution in [1.82, 2.24) is 35.1 Å². The number of aromatic amines is 2. The smallest absolute Gasteiger partial charge is 0.227 e. The number of anilines is 2. The van der Waals surface area contributed by atoms with E-state index in [1.54, 1.807) is 18.6 Å². The number of imidazole rings is 1. The molecule has 2 fully saturated rings. The first-order valence-electron chi connectivity index (χ1n) is 12.4. The average Bonchev–Trinajstić information content (AvgIpc) is 3.55. The largest absolute Gasteiger partial charge is 0.368 e. The van der Waals surface area contributed by atoms with E-state index in [4.69, 9.17) is 4.98 Å². The molecule has 2 aliphatic rings. The molecule has 1 saturated heterocycles. The van der Waals surface area contributed by atoms with Crippen molar-refractivity contribution < 1.29 is 4.79 Å². The van der Waals surface area contributed by atoms with Crippen LogP contribution in [0.2, 0.25) is 0 Å². The number of pyridine rings is 3. The Hall–Kier alpha value is -4.34. The molecule has 1 amide bonds. The minimum atomic E-state index is 0.0583. The van der Waals surface area contributed by atoms with Crippen LogP contribution in [0.5, 0.6) is 0 Å². The van der Waals surface area contributed by atoms with E-state index in [-0.39, 0.29) is 11.8 Å². The molecule has 5 aromatic heterocycles.